The summed E-state index contributed by atoms with van der Waals surface area (Å²) in [5.74, 6) is -3.22. The molecule has 1 saturated heterocycles. The second-order valence-electron chi connectivity index (χ2n) is 4.00. The van der Waals surface area contributed by atoms with Gasteiger partial charge in [-0.3, -0.25) is 4.79 Å². The third kappa shape index (κ3) is 1.07. The molecule has 0 radical (unpaired) electrons. The molecular formula is C9H13F2NO. The lowest BCUT2D eigenvalue weighted by molar-refractivity contribution is -0.167. The summed E-state index contributed by atoms with van der Waals surface area (Å²) in [6.07, 6.45) is 1.83. The van der Waals surface area contributed by atoms with Crippen LogP contribution in [0.4, 0.5) is 8.78 Å². The number of amides is 1. The summed E-state index contributed by atoms with van der Waals surface area (Å²) in [4.78, 5) is 11.4. The van der Waals surface area contributed by atoms with Gasteiger partial charge in [0.05, 0.1) is 0 Å². The second-order valence-corrected chi connectivity index (χ2v) is 4.00. The molecule has 2 aliphatic rings. The number of nitrogens with one attached hydrogen (secondary N) is 1. The van der Waals surface area contributed by atoms with Crippen molar-refractivity contribution < 1.29 is 13.6 Å². The zero-order valence-electron chi connectivity index (χ0n) is 7.41. The predicted molar refractivity (Wildman–Crippen MR) is 43.5 cm³/mol. The molecule has 2 nitrogen and oxygen atoms in total. The Balaban J connectivity index is 2.32. The molecule has 1 spiro atoms. The van der Waals surface area contributed by atoms with Gasteiger partial charge < -0.3 is 5.32 Å². The number of carbonyl (C=O) groups excluding carboxylic acids is 1. The molecular weight excluding hydrogens is 176 g/mol. The van der Waals surface area contributed by atoms with E-state index < -0.39 is 17.2 Å². The van der Waals surface area contributed by atoms with Crippen LogP contribution in [0.2, 0.25) is 0 Å². The first-order chi connectivity index (χ1) is 6.08. The van der Waals surface area contributed by atoms with E-state index in [4.69, 9.17) is 0 Å². The smallest absolute Gasteiger partial charge is 0.262 e. The maximum Gasteiger partial charge on any atom is 0.262 e. The number of carbonyl (C=O) groups is 1. The minimum atomic E-state index is -2.79. The van der Waals surface area contributed by atoms with Gasteiger partial charge >= 0.3 is 0 Å². The van der Waals surface area contributed by atoms with Crippen molar-refractivity contribution in [1.29, 1.82) is 0 Å². The molecule has 1 unspecified atom stereocenters. The monoisotopic (exact) mass is 189 g/mol. The highest BCUT2D eigenvalue weighted by molar-refractivity contribution is 5.85. The van der Waals surface area contributed by atoms with Crippen LogP contribution in [0.25, 0.3) is 0 Å². The summed E-state index contributed by atoms with van der Waals surface area (Å²) in [6, 6.07) is 0. The van der Waals surface area contributed by atoms with Gasteiger partial charge in [-0.2, -0.15) is 0 Å². The standard InChI is InChI=1S/C9H13F2NO/c10-9(11)4-2-1-3-8(9)5-6-12-7(8)13/h1-6H2,(H,12,13). The van der Waals surface area contributed by atoms with Crippen LogP contribution < -0.4 is 5.32 Å². The topological polar surface area (TPSA) is 29.1 Å². The van der Waals surface area contributed by atoms with Crippen molar-refractivity contribution in [3.63, 3.8) is 0 Å². The van der Waals surface area contributed by atoms with Gasteiger partial charge in [-0.05, 0) is 19.3 Å². The first-order valence-electron chi connectivity index (χ1n) is 4.75. The van der Waals surface area contributed by atoms with Gasteiger partial charge in [-0.15, -0.1) is 0 Å². The van der Waals surface area contributed by atoms with Crippen LogP contribution in [0.1, 0.15) is 32.1 Å². The van der Waals surface area contributed by atoms with Crippen LogP contribution >= 0.6 is 0 Å². The molecule has 0 aromatic carbocycles. The number of hydrogen-bond donors (Lipinski definition) is 1. The highest BCUT2D eigenvalue weighted by Crippen LogP contribution is 2.52. The molecule has 1 aliphatic carbocycles. The minimum Gasteiger partial charge on any atom is -0.355 e. The summed E-state index contributed by atoms with van der Waals surface area (Å²) in [5.41, 5.74) is -1.36. The molecule has 13 heavy (non-hydrogen) atoms. The SMILES string of the molecule is O=C1NCCC12CCCCC2(F)F. The van der Waals surface area contributed by atoms with Crippen LogP contribution in [0.5, 0.6) is 0 Å². The quantitative estimate of drug-likeness (QED) is 0.617. The molecule has 1 saturated carbocycles. The molecule has 1 N–H and O–H groups in total. The number of halogens is 2. The van der Waals surface area contributed by atoms with E-state index >= 15 is 0 Å². The van der Waals surface area contributed by atoms with E-state index in [1.165, 1.54) is 0 Å². The molecule has 0 aromatic heterocycles. The Labute approximate surface area is 75.7 Å². The van der Waals surface area contributed by atoms with Gasteiger partial charge in [0.1, 0.15) is 5.41 Å². The van der Waals surface area contributed by atoms with Crippen molar-refractivity contribution in [3.05, 3.63) is 0 Å². The van der Waals surface area contributed by atoms with Crippen LogP contribution in [0.15, 0.2) is 0 Å². The second kappa shape index (κ2) is 2.66. The number of alkyl halides is 2. The summed E-state index contributed by atoms with van der Waals surface area (Å²) >= 11 is 0. The lowest BCUT2D eigenvalue weighted by atomic mass is 9.70. The van der Waals surface area contributed by atoms with E-state index in [0.717, 1.165) is 6.42 Å². The molecule has 0 bridgehead atoms. The Morgan fingerprint density at radius 2 is 1.85 bits per heavy atom. The summed E-state index contributed by atoms with van der Waals surface area (Å²) in [7, 11) is 0. The molecule has 1 heterocycles. The Morgan fingerprint density at radius 3 is 2.38 bits per heavy atom. The lowest BCUT2D eigenvalue weighted by Crippen LogP contribution is -2.48. The van der Waals surface area contributed by atoms with Gasteiger partial charge in [-0.1, -0.05) is 6.42 Å². The molecule has 2 fully saturated rings. The van der Waals surface area contributed by atoms with Crippen molar-refractivity contribution in [2.75, 3.05) is 6.54 Å². The van der Waals surface area contributed by atoms with Crippen LogP contribution in [-0.2, 0) is 4.79 Å². The highest BCUT2D eigenvalue weighted by Gasteiger charge is 2.61. The van der Waals surface area contributed by atoms with Crippen molar-refractivity contribution in [2.24, 2.45) is 5.41 Å². The number of rotatable bonds is 0. The molecule has 74 valence electrons. The Hall–Kier alpha value is -0.670. The van der Waals surface area contributed by atoms with Gasteiger partial charge in [0.15, 0.2) is 0 Å². The predicted octanol–water partition coefficient (Wildman–Crippen LogP) is 1.70. The lowest BCUT2D eigenvalue weighted by Gasteiger charge is -2.38. The first kappa shape index (κ1) is 8.91. The van der Waals surface area contributed by atoms with Crippen molar-refractivity contribution in [1.82, 2.24) is 5.32 Å². The maximum absolute atomic E-state index is 13.6. The van der Waals surface area contributed by atoms with Gasteiger partial charge in [0.25, 0.3) is 5.92 Å². The van der Waals surface area contributed by atoms with E-state index in [1.54, 1.807) is 0 Å². The van der Waals surface area contributed by atoms with Gasteiger partial charge in [-0.25, -0.2) is 8.78 Å². The minimum absolute atomic E-state index is 0.125. The van der Waals surface area contributed by atoms with E-state index in [0.29, 0.717) is 25.8 Å². The van der Waals surface area contributed by atoms with E-state index in [-0.39, 0.29) is 6.42 Å². The Morgan fingerprint density at radius 1 is 1.15 bits per heavy atom. The molecule has 1 amide bonds. The fourth-order valence-electron chi connectivity index (χ4n) is 2.46. The third-order valence-corrected chi connectivity index (χ3v) is 3.32. The zero-order chi connectivity index (χ0) is 9.53. The molecule has 1 atom stereocenters. The van der Waals surface area contributed by atoms with E-state index in [9.17, 15) is 13.6 Å². The molecule has 1 aliphatic heterocycles. The normalized spacial score (nSPS) is 37.8. The van der Waals surface area contributed by atoms with Crippen molar-refractivity contribution in [3.8, 4) is 0 Å². The van der Waals surface area contributed by atoms with E-state index in [1.807, 2.05) is 0 Å². The summed E-state index contributed by atoms with van der Waals surface area (Å²) < 4.78 is 27.1. The maximum atomic E-state index is 13.6. The van der Waals surface area contributed by atoms with Crippen molar-refractivity contribution in [2.45, 2.75) is 38.0 Å². The zero-order valence-corrected chi connectivity index (χ0v) is 7.41. The highest BCUT2D eigenvalue weighted by atomic mass is 19.3. The van der Waals surface area contributed by atoms with Crippen LogP contribution in [0.3, 0.4) is 0 Å². The molecule has 0 aromatic rings. The largest absolute Gasteiger partial charge is 0.355 e. The fraction of sp³-hybridized carbons (Fsp3) is 0.889. The van der Waals surface area contributed by atoms with Crippen LogP contribution in [-0.4, -0.2) is 18.4 Å². The summed E-state index contributed by atoms with van der Waals surface area (Å²) in [5, 5.41) is 2.52. The average Bonchev–Trinajstić information content (AvgIpc) is 2.41. The third-order valence-electron chi connectivity index (χ3n) is 3.32. The van der Waals surface area contributed by atoms with Crippen molar-refractivity contribution >= 4 is 5.91 Å². The molecule has 2 rings (SSSR count). The Kier molecular flexibility index (Phi) is 1.82. The average molecular weight is 189 g/mol. The number of hydrogen-bond acceptors (Lipinski definition) is 1. The summed E-state index contributed by atoms with van der Waals surface area (Å²) in [6.45, 7) is 0.411. The van der Waals surface area contributed by atoms with E-state index in [2.05, 4.69) is 5.32 Å². The fourth-order valence-corrected chi connectivity index (χ4v) is 2.46. The van der Waals surface area contributed by atoms with Gasteiger partial charge in [0, 0.05) is 13.0 Å². The Bertz CT molecular complexity index is 242. The first-order valence-corrected chi connectivity index (χ1v) is 4.75. The van der Waals surface area contributed by atoms with Gasteiger partial charge in [0.2, 0.25) is 5.91 Å². The molecule has 4 heteroatoms. The van der Waals surface area contributed by atoms with Crippen LogP contribution in [0, 0.1) is 5.41 Å².